The third-order valence-electron chi connectivity index (χ3n) is 3.47. The van der Waals surface area contributed by atoms with Crippen LogP contribution >= 0.6 is 11.8 Å². The van der Waals surface area contributed by atoms with Gasteiger partial charge in [0.2, 0.25) is 0 Å². The van der Waals surface area contributed by atoms with E-state index in [1.165, 1.54) is 31.2 Å². The van der Waals surface area contributed by atoms with Crippen molar-refractivity contribution < 1.29 is 28.0 Å². The summed E-state index contributed by atoms with van der Waals surface area (Å²) >= 11 is 0.373. The molecule has 0 aliphatic carbocycles. The number of amides is 1. The largest absolute Gasteiger partial charge is 0.449 e. The van der Waals surface area contributed by atoms with E-state index in [2.05, 4.69) is 5.32 Å². The lowest BCUT2D eigenvalue weighted by Crippen LogP contribution is -2.30. The quantitative estimate of drug-likeness (QED) is 0.234. The molecule has 2 aromatic rings. The highest BCUT2D eigenvalue weighted by Gasteiger charge is 2.22. The summed E-state index contributed by atoms with van der Waals surface area (Å²) in [4.78, 5) is 34.6. The van der Waals surface area contributed by atoms with Crippen LogP contribution in [-0.4, -0.2) is 28.7 Å². The number of thioether (sulfide) groups is 1. The Bertz CT molecular complexity index is 893. The number of ether oxygens (including phenoxy) is 1. The minimum absolute atomic E-state index is 0.112. The maximum Gasteiger partial charge on any atom is 0.341 e. The van der Waals surface area contributed by atoms with Crippen LogP contribution in [0.5, 0.6) is 0 Å². The lowest BCUT2D eigenvalue weighted by Gasteiger charge is -2.14. The molecule has 0 radical (unpaired) electrons. The van der Waals surface area contributed by atoms with Crippen LogP contribution in [-0.2, 0) is 9.53 Å². The number of nitrogens with two attached hydrogens (primary N) is 1. The van der Waals surface area contributed by atoms with Crippen LogP contribution in [0.1, 0.15) is 17.3 Å². The zero-order valence-electron chi connectivity index (χ0n) is 14.4. The molecule has 0 heterocycles. The third-order valence-corrected chi connectivity index (χ3v) is 4.19. The molecule has 148 valence electrons. The fourth-order valence-corrected chi connectivity index (χ4v) is 2.59. The van der Waals surface area contributed by atoms with Crippen LogP contribution in [0, 0.1) is 10.1 Å². The van der Waals surface area contributed by atoms with E-state index < -0.39 is 28.7 Å². The minimum atomic E-state index is -2.55. The number of esters is 1. The first-order valence-corrected chi connectivity index (χ1v) is 8.66. The Balaban J connectivity index is 1.98. The molecule has 0 saturated carbocycles. The Kier molecular flexibility index (Phi) is 6.88. The fourth-order valence-electron chi connectivity index (χ4n) is 2.09. The summed E-state index contributed by atoms with van der Waals surface area (Å²) in [7, 11) is 0. The van der Waals surface area contributed by atoms with Crippen molar-refractivity contribution >= 4 is 40.7 Å². The lowest BCUT2D eigenvalue weighted by atomic mass is 10.1. The SMILES string of the molecule is C[C@@H](OC(=O)c1ccc([N+](=O)[O-])cc1N)C(=O)Nc1ccc(SC(F)F)cc1. The van der Waals surface area contributed by atoms with Crippen molar-refractivity contribution in [2.45, 2.75) is 23.7 Å². The number of carbonyl (C=O) groups excluding carboxylic acids is 2. The van der Waals surface area contributed by atoms with Crippen molar-refractivity contribution in [2.24, 2.45) is 0 Å². The number of halogens is 2. The Morgan fingerprint density at radius 1 is 1.21 bits per heavy atom. The Morgan fingerprint density at radius 3 is 2.39 bits per heavy atom. The van der Waals surface area contributed by atoms with E-state index in [0.29, 0.717) is 22.3 Å². The van der Waals surface area contributed by atoms with Crippen molar-refractivity contribution in [3.05, 3.63) is 58.1 Å². The predicted molar refractivity (Wildman–Crippen MR) is 99.3 cm³/mol. The predicted octanol–water partition coefficient (Wildman–Crippen LogP) is 3.68. The number of rotatable bonds is 7. The van der Waals surface area contributed by atoms with Crippen LogP contribution in [0.4, 0.5) is 25.8 Å². The van der Waals surface area contributed by atoms with Crippen molar-refractivity contribution in [1.82, 2.24) is 0 Å². The number of carbonyl (C=O) groups is 2. The summed E-state index contributed by atoms with van der Waals surface area (Å²) in [6.45, 7) is 1.33. The van der Waals surface area contributed by atoms with Crippen LogP contribution < -0.4 is 11.1 Å². The number of nitro groups is 1. The molecule has 8 nitrogen and oxygen atoms in total. The van der Waals surface area contributed by atoms with E-state index in [9.17, 15) is 28.5 Å². The van der Waals surface area contributed by atoms with E-state index in [1.54, 1.807) is 0 Å². The standard InChI is InChI=1S/C17H15F2N3O5S/c1-9(15(23)21-10-2-5-12(6-3-10)28-17(18)19)27-16(24)13-7-4-11(22(25)26)8-14(13)20/h2-9,17H,20H2,1H3,(H,21,23)/t9-/m1/s1. The zero-order valence-corrected chi connectivity index (χ0v) is 15.2. The summed E-state index contributed by atoms with van der Waals surface area (Å²) in [5.41, 5.74) is 5.41. The van der Waals surface area contributed by atoms with Gasteiger partial charge in [-0.2, -0.15) is 8.78 Å². The topological polar surface area (TPSA) is 125 Å². The van der Waals surface area contributed by atoms with Gasteiger partial charge in [-0.05, 0) is 37.3 Å². The summed E-state index contributed by atoms with van der Waals surface area (Å²) in [5, 5.41) is 13.2. The highest BCUT2D eigenvalue weighted by atomic mass is 32.2. The molecule has 0 fully saturated rings. The number of nitro benzene ring substituents is 1. The summed E-state index contributed by atoms with van der Waals surface area (Å²) in [6.07, 6.45) is -1.20. The van der Waals surface area contributed by atoms with E-state index in [4.69, 9.17) is 10.5 Å². The molecule has 0 aromatic heterocycles. The highest BCUT2D eigenvalue weighted by Crippen LogP contribution is 2.26. The molecule has 2 rings (SSSR count). The highest BCUT2D eigenvalue weighted by molar-refractivity contribution is 7.99. The maximum absolute atomic E-state index is 12.3. The van der Waals surface area contributed by atoms with Gasteiger partial charge in [-0.15, -0.1) is 0 Å². The Morgan fingerprint density at radius 2 is 1.86 bits per heavy atom. The Hall–Kier alpha value is -3.21. The van der Waals surface area contributed by atoms with Crippen LogP contribution in [0.2, 0.25) is 0 Å². The van der Waals surface area contributed by atoms with Gasteiger partial charge in [0.15, 0.2) is 6.10 Å². The van der Waals surface area contributed by atoms with Crippen molar-refractivity contribution in [3.63, 3.8) is 0 Å². The van der Waals surface area contributed by atoms with Crippen LogP contribution in [0.25, 0.3) is 0 Å². The zero-order chi connectivity index (χ0) is 20.8. The number of nitrogens with zero attached hydrogens (tertiary/aromatic N) is 1. The van der Waals surface area contributed by atoms with Gasteiger partial charge in [0.05, 0.1) is 16.2 Å². The van der Waals surface area contributed by atoms with Gasteiger partial charge in [0.1, 0.15) is 0 Å². The number of hydrogen-bond donors (Lipinski definition) is 2. The van der Waals surface area contributed by atoms with Crippen LogP contribution in [0.15, 0.2) is 47.4 Å². The summed E-state index contributed by atoms with van der Waals surface area (Å²) < 4.78 is 29.6. The van der Waals surface area contributed by atoms with E-state index in [1.807, 2.05) is 0 Å². The maximum atomic E-state index is 12.3. The second-order valence-electron chi connectivity index (χ2n) is 5.47. The summed E-state index contributed by atoms with van der Waals surface area (Å²) in [5.74, 6) is -4.12. The smallest absolute Gasteiger partial charge is 0.341 e. The average molecular weight is 411 g/mol. The molecule has 0 saturated heterocycles. The minimum Gasteiger partial charge on any atom is -0.449 e. The van der Waals surface area contributed by atoms with Crippen molar-refractivity contribution in [2.75, 3.05) is 11.1 Å². The summed E-state index contributed by atoms with van der Waals surface area (Å²) in [6, 6.07) is 8.95. The number of alkyl halides is 2. The van der Waals surface area contributed by atoms with Crippen molar-refractivity contribution in [3.8, 4) is 0 Å². The van der Waals surface area contributed by atoms with Gasteiger partial charge in [-0.1, -0.05) is 11.8 Å². The molecule has 0 aliphatic heterocycles. The third kappa shape index (κ3) is 5.64. The number of nitrogen functional groups attached to an aromatic ring is 1. The van der Waals surface area contributed by atoms with E-state index in [-0.39, 0.29) is 16.9 Å². The first-order chi connectivity index (χ1) is 13.2. The molecule has 3 N–H and O–H groups in total. The number of hydrogen-bond acceptors (Lipinski definition) is 7. The van der Waals surface area contributed by atoms with Crippen LogP contribution in [0.3, 0.4) is 0 Å². The molecule has 0 aliphatic rings. The normalized spacial score (nSPS) is 11.7. The number of anilines is 2. The molecule has 0 unspecified atom stereocenters. The molecule has 11 heteroatoms. The number of benzene rings is 2. The van der Waals surface area contributed by atoms with E-state index in [0.717, 1.165) is 18.2 Å². The molecule has 1 atom stereocenters. The first-order valence-electron chi connectivity index (χ1n) is 7.78. The number of non-ortho nitro benzene ring substituents is 1. The fraction of sp³-hybridized carbons (Fsp3) is 0.176. The van der Waals surface area contributed by atoms with Gasteiger partial charge in [-0.25, -0.2) is 4.79 Å². The van der Waals surface area contributed by atoms with Crippen molar-refractivity contribution in [1.29, 1.82) is 0 Å². The monoisotopic (exact) mass is 411 g/mol. The van der Waals surface area contributed by atoms with Gasteiger partial charge < -0.3 is 15.8 Å². The van der Waals surface area contributed by atoms with Gasteiger partial charge >= 0.3 is 5.97 Å². The lowest BCUT2D eigenvalue weighted by molar-refractivity contribution is -0.384. The molecular formula is C17H15F2N3O5S. The second kappa shape index (κ2) is 9.13. The molecule has 28 heavy (non-hydrogen) atoms. The Labute approximate surface area is 162 Å². The molecule has 0 spiro atoms. The molecule has 1 amide bonds. The van der Waals surface area contributed by atoms with Gasteiger partial charge in [0, 0.05) is 22.7 Å². The molecule has 2 aromatic carbocycles. The average Bonchev–Trinajstić information content (AvgIpc) is 2.62. The first kappa shape index (κ1) is 21.1. The molecular weight excluding hydrogens is 396 g/mol. The van der Waals surface area contributed by atoms with Gasteiger partial charge in [0.25, 0.3) is 17.4 Å². The molecule has 0 bridgehead atoms. The second-order valence-corrected chi connectivity index (χ2v) is 6.53. The van der Waals surface area contributed by atoms with Gasteiger partial charge in [-0.3, -0.25) is 14.9 Å². The number of nitrogens with one attached hydrogen (secondary N) is 1. The van der Waals surface area contributed by atoms with E-state index >= 15 is 0 Å².